The Morgan fingerprint density at radius 1 is 1.00 bits per heavy atom. The molecule has 0 spiro atoms. The van der Waals surface area contributed by atoms with Crippen LogP contribution in [0.15, 0.2) is 47.4 Å². The van der Waals surface area contributed by atoms with Crippen molar-refractivity contribution in [1.82, 2.24) is 0 Å². The minimum absolute atomic E-state index is 0.00985. The highest BCUT2D eigenvalue weighted by atomic mass is 32.2. The van der Waals surface area contributed by atoms with Crippen LogP contribution >= 0.6 is 11.8 Å². The van der Waals surface area contributed by atoms with Gasteiger partial charge in [0, 0.05) is 17.0 Å². The van der Waals surface area contributed by atoms with E-state index in [9.17, 15) is 35.9 Å². The number of alkyl halides is 6. The van der Waals surface area contributed by atoms with E-state index in [0.717, 1.165) is 42.1 Å². The SMILES string of the molecule is O=C(C[C@@H]1Sc2ccc(C(F)(F)F)cc2NC1=O)Nc1cccc(C(F)(F)F)c1. The molecule has 0 saturated heterocycles. The maximum absolute atomic E-state index is 12.8. The van der Waals surface area contributed by atoms with Crippen LogP contribution < -0.4 is 10.6 Å². The summed E-state index contributed by atoms with van der Waals surface area (Å²) in [5.41, 5.74) is -1.95. The molecule has 154 valence electrons. The molecule has 1 aliphatic rings. The Bertz CT molecular complexity index is 958. The molecule has 0 bridgehead atoms. The number of amides is 2. The van der Waals surface area contributed by atoms with E-state index in [4.69, 9.17) is 0 Å². The molecule has 1 atom stereocenters. The summed E-state index contributed by atoms with van der Waals surface area (Å²) < 4.78 is 76.5. The zero-order chi connectivity index (χ0) is 21.4. The van der Waals surface area contributed by atoms with Gasteiger partial charge in [0.05, 0.1) is 22.1 Å². The summed E-state index contributed by atoms with van der Waals surface area (Å²) in [6, 6.07) is 6.89. The quantitative estimate of drug-likeness (QED) is 0.656. The number of thioether (sulfide) groups is 1. The average Bonchev–Trinajstić information content (AvgIpc) is 2.60. The van der Waals surface area contributed by atoms with E-state index in [2.05, 4.69) is 10.6 Å². The minimum Gasteiger partial charge on any atom is -0.326 e. The van der Waals surface area contributed by atoms with E-state index in [1.165, 1.54) is 12.1 Å². The van der Waals surface area contributed by atoms with Crippen LogP contribution in [0.25, 0.3) is 0 Å². The molecule has 2 aromatic carbocycles. The van der Waals surface area contributed by atoms with Crippen LogP contribution in [0.5, 0.6) is 0 Å². The second-order valence-electron chi connectivity index (χ2n) is 6.14. The fourth-order valence-corrected chi connectivity index (χ4v) is 3.71. The second-order valence-corrected chi connectivity index (χ2v) is 7.38. The normalized spacial score (nSPS) is 16.8. The number of fused-ring (bicyclic) bond motifs is 1. The van der Waals surface area contributed by atoms with Crippen LogP contribution in [0.2, 0.25) is 0 Å². The molecule has 0 fully saturated rings. The van der Waals surface area contributed by atoms with E-state index >= 15 is 0 Å². The number of benzene rings is 2. The number of nitrogens with one attached hydrogen (secondary N) is 2. The number of carbonyl (C=O) groups excluding carboxylic acids is 2. The van der Waals surface area contributed by atoms with Crippen molar-refractivity contribution in [3.8, 4) is 0 Å². The number of carbonyl (C=O) groups is 2. The van der Waals surface area contributed by atoms with Gasteiger partial charge in [0.1, 0.15) is 0 Å². The van der Waals surface area contributed by atoms with Crippen LogP contribution in [0.4, 0.5) is 37.7 Å². The van der Waals surface area contributed by atoms with Crippen molar-refractivity contribution in [2.75, 3.05) is 10.6 Å². The Hall–Kier alpha value is -2.69. The highest BCUT2D eigenvalue weighted by molar-refractivity contribution is 8.01. The molecule has 1 aliphatic heterocycles. The molecular formula is C18H12F6N2O2S. The lowest BCUT2D eigenvalue weighted by atomic mass is 10.1. The van der Waals surface area contributed by atoms with Gasteiger partial charge in [-0.3, -0.25) is 9.59 Å². The smallest absolute Gasteiger partial charge is 0.326 e. The third-order valence-electron chi connectivity index (χ3n) is 3.97. The van der Waals surface area contributed by atoms with E-state index in [-0.39, 0.29) is 17.8 Å². The van der Waals surface area contributed by atoms with Gasteiger partial charge in [0.2, 0.25) is 11.8 Å². The summed E-state index contributed by atoms with van der Waals surface area (Å²) in [6.45, 7) is 0. The van der Waals surface area contributed by atoms with Crippen molar-refractivity contribution in [1.29, 1.82) is 0 Å². The van der Waals surface area contributed by atoms with Crippen LogP contribution in [0.1, 0.15) is 17.5 Å². The van der Waals surface area contributed by atoms with Gasteiger partial charge in [-0.2, -0.15) is 26.3 Å². The lowest BCUT2D eigenvalue weighted by Gasteiger charge is -2.24. The average molecular weight is 434 g/mol. The third kappa shape index (κ3) is 5.03. The van der Waals surface area contributed by atoms with Gasteiger partial charge in [0.15, 0.2) is 0 Å². The van der Waals surface area contributed by atoms with Gasteiger partial charge >= 0.3 is 12.4 Å². The van der Waals surface area contributed by atoms with Crippen LogP contribution in [0, 0.1) is 0 Å². The molecule has 1 heterocycles. The topological polar surface area (TPSA) is 58.2 Å². The van der Waals surface area contributed by atoms with Gasteiger partial charge in [-0.25, -0.2) is 0 Å². The Balaban J connectivity index is 1.68. The second kappa shape index (κ2) is 7.62. The standard InChI is InChI=1S/C18H12F6N2O2S/c19-17(20,21)9-2-1-3-11(6-9)25-15(27)8-14-16(28)26-12-7-10(18(22,23)24)4-5-13(12)29-14/h1-7,14H,8H2,(H,25,27)(H,26,28)/t14-/m0/s1. The van der Waals surface area contributed by atoms with Gasteiger partial charge in [0.25, 0.3) is 0 Å². The number of rotatable bonds is 3. The zero-order valence-corrected chi connectivity index (χ0v) is 15.1. The first kappa shape index (κ1) is 21.0. The van der Waals surface area contributed by atoms with Gasteiger partial charge in [-0.05, 0) is 36.4 Å². The van der Waals surface area contributed by atoms with E-state index in [1.54, 1.807) is 0 Å². The monoisotopic (exact) mass is 434 g/mol. The molecule has 29 heavy (non-hydrogen) atoms. The predicted octanol–water partition coefficient (Wildman–Crippen LogP) is 5.17. The van der Waals surface area contributed by atoms with E-state index in [0.29, 0.717) is 4.90 Å². The molecule has 2 N–H and O–H groups in total. The molecule has 0 aromatic heterocycles. The van der Waals surface area contributed by atoms with Crippen LogP contribution in [-0.2, 0) is 21.9 Å². The summed E-state index contributed by atoms with van der Waals surface area (Å²) in [5.74, 6) is -1.37. The Morgan fingerprint density at radius 2 is 1.66 bits per heavy atom. The van der Waals surface area contributed by atoms with Gasteiger partial charge < -0.3 is 10.6 Å². The van der Waals surface area contributed by atoms with Crippen LogP contribution in [-0.4, -0.2) is 17.1 Å². The molecule has 0 saturated carbocycles. The first-order chi connectivity index (χ1) is 13.4. The minimum atomic E-state index is -4.57. The third-order valence-corrected chi connectivity index (χ3v) is 5.25. The summed E-state index contributed by atoms with van der Waals surface area (Å²) in [6.07, 6.45) is -9.50. The number of hydrogen-bond donors (Lipinski definition) is 2. The van der Waals surface area contributed by atoms with Gasteiger partial charge in [-0.15, -0.1) is 11.8 Å². The highest BCUT2D eigenvalue weighted by Gasteiger charge is 2.34. The lowest BCUT2D eigenvalue weighted by molar-refractivity contribution is -0.138. The zero-order valence-electron chi connectivity index (χ0n) is 14.3. The summed E-state index contributed by atoms with van der Waals surface area (Å²) >= 11 is 0.911. The highest BCUT2D eigenvalue weighted by Crippen LogP contribution is 2.40. The molecule has 11 heteroatoms. The Kier molecular flexibility index (Phi) is 5.52. The molecule has 2 amide bonds. The Morgan fingerprint density at radius 3 is 2.31 bits per heavy atom. The maximum atomic E-state index is 12.8. The summed E-state index contributed by atoms with van der Waals surface area (Å²) in [7, 11) is 0. The first-order valence-corrected chi connectivity index (χ1v) is 8.97. The molecule has 3 rings (SSSR count). The van der Waals surface area contributed by atoms with E-state index < -0.39 is 40.5 Å². The van der Waals surface area contributed by atoms with Crippen molar-refractivity contribution in [2.45, 2.75) is 28.9 Å². The number of halogens is 6. The number of hydrogen-bond acceptors (Lipinski definition) is 3. The van der Waals surface area contributed by atoms with Crippen molar-refractivity contribution in [2.24, 2.45) is 0 Å². The molecule has 0 radical (unpaired) electrons. The van der Waals surface area contributed by atoms with Crippen LogP contribution in [0.3, 0.4) is 0 Å². The predicted molar refractivity (Wildman–Crippen MR) is 94.4 cm³/mol. The summed E-state index contributed by atoms with van der Waals surface area (Å²) in [4.78, 5) is 24.7. The van der Waals surface area contributed by atoms with E-state index in [1.807, 2.05) is 0 Å². The first-order valence-electron chi connectivity index (χ1n) is 8.09. The van der Waals surface area contributed by atoms with Crippen molar-refractivity contribution in [3.63, 3.8) is 0 Å². The molecule has 2 aromatic rings. The van der Waals surface area contributed by atoms with Crippen molar-refractivity contribution in [3.05, 3.63) is 53.6 Å². The van der Waals surface area contributed by atoms with Gasteiger partial charge in [-0.1, -0.05) is 6.07 Å². The van der Waals surface area contributed by atoms with Crippen molar-refractivity contribution >= 4 is 35.0 Å². The fourth-order valence-electron chi connectivity index (χ4n) is 2.61. The maximum Gasteiger partial charge on any atom is 0.416 e. The summed E-state index contributed by atoms with van der Waals surface area (Å²) in [5, 5.41) is 3.69. The lowest BCUT2D eigenvalue weighted by Crippen LogP contribution is -2.32. The molecular weight excluding hydrogens is 422 g/mol. The largest absolute Gasteiger partial charge is 0.416 e. The fraction of sp³-hybridized carbons (Fsp3) is 0.222. The van der Waals surface area contributed by atoms with Crippen molar-refractivity contribution < 1.29 is 35.9 Å². The molecule has 0 aliphatic carbocycles. The molecule has 4 nitrogen and oxygen atoms in total. The number of anilines is 2. The Labute approximate surface area is 164 Å². The molecule has 0 unspecified atom stereocenters.